The summed E-state index contributed by atoms with van der Waals surface area (Å²) in [5.74, 6) is -1.17. The summed E-state index contributed by atoms with van der Waals surface area (Å²) >= 11 is 0. The summed E-state index contributed by atoms with van der Waals surface area (Å²) in [5, 5.41) is 11.5. The number of benzene rings is 1. The zero-order chi connectivity index (χ0) is 20.7. The highest BCUT2D eigenvalue weighted by molar-refractivity contribution is 7.89. The fraction of sp³-hybridized carbons (Fsp3) is 0.556. The van der Waals surface area contributed by atoms with E-state index in [2.05, 4.69) is 10.0 Å². The number of ether oxygens (including phenoxy) is 1. The minimum Gasteiger partial charge on any atom is -0.480 e. The lowest BCUT2D eigenvalue weighted by Crippen LogP contribution is -2.43. The molecule has 1 atom stereocenters. The lowest BCUT2D eigenvalue weighted by atomic mass is 10.1. The molecule has 0 aliphatic rings. The Morgan fingerprint density at radius 3 is 2.26 bits per heavy atom. The molecule has 27 heavy (non-hydrogen) atoms. The third-order valence-electron chi connectivity index (χ3n) is 3.53. The van der Waals surface area contributed by atoms with Crippen LogP contribution in [0.25, 0.3) is 0 Å². The van der Waals surface area contributed by atoms with Crippen molar-refractivity contribution in [2.45, 2.75) is 63.5 Å². The molecule has 1 unspecified atom stereocenters. The van der Waals surface area contributed by atoms with E-state index in [1.54, 1.807) is 32.9 Å². The highest BCUT2D eigenvalue weighted by Crippen LogP contribution is 2.11. The third-order valence-corrected chi connectivity index (χ3v) is 5.01. The maximum Gasteiger partial charge on any atom is 0.408 e. The van der Waals surface area contributed by atoms with E-state index >= 15 is 0 Å². The number of hydrogen-bond acceptors (Lipinski definition) is 5. The topological polar surface area (TPSA) is 122 Å². The summed E-state index contributed by atoms with van der Waals surface area (Å²) in [5.41, 5.74) is 0.243. The number of carboxylic acid groups (broad SMARTS) is 1. The summed E-state index contributed by atoms with van der Waals surface area (Å²) < 4.78 is 31.8. The van der Waals surface area contributed by atoms with Gasteiger partial charge in [-0.3, -0.25) is 0 Å². The van der Waals surface area contributed by atoms with Gasteiger partial charge in [-0.2, -0.15) is 0 Å². The van der Waals surface area contributed by atoms with Crippen LogP contribution in [0.3, 0.4) is 0 Å². The van der Waals surface area contributed by atoms with E-state index in [9.17, 15) is 23.1 Å². The highest BCUT2D eigenvalue weighted by atomic mass is 32.2. The van der Waals surface area contributed by atoms with Gasteiger partial charge >= 0.3 is 12.1 Å². The van der Waals surface area contributed by atoms with E-state index < -0.39 is 33.7 Å². The second-order valence-corrected chi connectivity index (χ2v) is 9.01. The largest absolute Gasteiger partial charge is 0.480 e. The number of amides is 1. The van der Waals surface area contributed by atoms with E-state index in [0.29, 0.717) is 12.8 Å². The molecule has 1 aromatic carbocycles. The first kappa shape index (κ1) is 22.9. The van der Waals surface area contributed by atoms with Gasteiger partial charge in [0.05, 0.1) is 4.90 Å². The van der Waals surface area contributed by atoms with Crippen LogP contribution in [0.1, 0.15) is 45.6 Å². The quantitative estimate of drug-likeness (QED) is 0.547. The smallest absolute Gasteiger partial charge is 0.408 e. The van der Waals surface area contributed by atoms with Gasteiger partial charge in [-0.1, -0.05) is 17.7 Å². The first-order valence-corrected chi connectivity index (χ1v) is 10.2. The molecule has 0 saturated heterocycles. The fourth-order valence-corrected chi connectivity index (χ4v) is 3.26. The van der Waals surface area contributed by atoms with E-state index in [4.69, 9.17) is 4.74 Å². The average Bonchev–Trinajstić information content (AvgIpc) is 2.51. The Kier molecular flexibility index (Phi) is 8.23. The maximum absolute atomic E-state index is 12.1. The minimum atomic E-state index is -3.59. The molecular formula is C18H28N2O6S. The third kappa shape index (κ3) is 8.87. The summed E-state index contributed by atoms with van der Waals surface area (Å²) in [6.45, 7) is 7.09. The number of unbranched alkanes of at least 4 members (excludes halogenated alkanes) is 1. The summed E-state index contributed by atoms with van der Waals surface area (Å²) in [4.78, 5) is 23.1. The van der Waals surface area contributed by atoms with E-state index in [-0.39, 0.29) is 17.9 Å². The molecule has 0 bridgehead atoms. The molecule has 1 rings (SSSR count). The molecule has 0 heterocycles. The van der Waals surface area contributed by atoms with Crippen molar-refractivity contribution in [3.05, 3.63) is 29.8 Å². The van der Waals surface area contributed by atoms with Gasteiger partial charge in [0.25, 0.3) is 0 Å². The van der Waals surface area contributed by atoms with Crippen molar-refractivity contribution in [3.8, 4) is 0 Å². The van der Waals surface area contributed by atoms with E-state index in [1.807, 2.05) is 6.92 Å². The molecule has 0 aromatic heterocycles. The van der Waals surface area contributed by atoms with Crippen molar-refractivity contribution >= 4 is 22.1 Å². The van der Waals surface area contributed by atoms with E-state index in [1.165, 1.54) is 12.1 Å². The standard InChI is InChI=1S/C18H28N2O6S/c1-13-8-10-14(11-9-13)27(24,25)19-12-6-5-7-15(16(21)22)20-17(23)26-18(2,3)4/h8-11,15,19H,5-7,12H2,1-4H3,(H,20,23)(H,21,22). The highest BCUT2D eigenvalue weighted by Gasteiger charge is 2.23. The van der Waals surface area contributed by atoms with Crippen molar-refractivity contribution in [2.24, 2.45) is 0 Å². The molecule has 0 aliphatic carbocycles. The van der Waals surface area contributed by atoms with Crippen molar-refractivity contribution in [1.82, 2.24) is 10.0 Å². The van der Waals surface area contributed by atoms with Gasteiger partial charge < -0.3 is 15.2 Å². The number of alkyl carbamates (subject to hydrolysis) is 1. The zero-order valence-corrected chi connectivity index (χ0v) is 16.9. The predicted molar refractivity (Wildman–Crippen MR) is 101 cm³/mol. The van der Waals surface area contributed by atoms with Crippen LogP contribution in [0.15, 0.2) is 29.2 Å². The second-order valence-electron chi connectivity index (χ2n) is 7.24. The average molecular weight is 400 g/mol. The van der Waals surface area contributed by atoms with Gasteiger partial charge in [-0.25, -0.2) is 22.7 Å². The van der Waals surface area contributed by atoms with Gasteiger partial charge in [0, 0.05) is 6.54 Å². The normalized spacial score (nSPS) is 13.0. The van der Waals surface area contributed by atoms with Crippen molar-refractivity contribution in [3.63, 3.8) is 0 Å². The monoisotopic (exact) mass is 400 g/mol. The number of sulfonamides is 1. The molecular weight excluding hydrogens is 372 g/mol. The molecule has 0 aliphatic heterocycles. The van der Waals surface area contributed by atoms with Crippen molar-refractivity contribution in [1.29, 1.82) is 0 Å². The van der Waals surface area contributed by atoms with Gasteiger partial charge in [0.2, 0.25) is 10.0 Å². The molecule has 0 radical (unpaired) electrons. The molecule has 0 saturated carbocycles. The Bertz CT molecular complexity index is 738. The van der Waals surface area contributed by atoms with Crippen LogP contribution >= 0.6 is 0 Å². The molecule has 9 heteroatoms. The molecule has 1 amide bonds. The number of carbonyl (C=O) groups excluding carboxylic acids is 1. The SMILES string of the molecule is Cc1ccc(S(=O)(=O)NCCCCC(NC(=O)OC(C)(C)C)C(=O)O)cc1. The Morgan fingerprint density at radius 2 is 1.74 bits per heavy atom. The van der Waals surface area contributed by atoms with Gasteiger partial charge in [-0.15, -0.1) is 0 Å². The Hall–Kier alpha value is -2.13. The zero-order valence-electron chi connectivity index (χ0n) is 16.1. The first-order valence-electron chi connectivity index (χ1n) is 8.69. The van der Waals surface area contributed by atoms with Crippen LogP contribution in [0.4, 0.5) is 4.79 Å². The van der Waals surface area contributed by atoms with Crippen molar-refractivity contribution < 1.29 is 27.9 Å². The minimum absolute atomic E-state index is 0.167. The lowest BCUT2D eigenvalue weighted by molar-refractivity contribution is -0.139. The number of carboxylic acids is 1. The van der Waals surface area contributed by atoms with Crippen LogP contribution in [-0.4, -0.2) is 43.8 Å². The fourth-order valence-electron chi connectivity index (χ4n) is 2.19. The number of carbonyl (C=O) groups is 2. The number of aryl methyl sites for hydroxylation is 1. The van der Waals surface area contributed by atoms with Gasteiger partial charge in [0.1, 0.15) is 11.6 Å². The van der Waals surface area contributed by atoms with Crippen molar-refractivity contribution in [2.75, 3.05) is 6.54 Å². The molecule has 0 fully saturated rings. The number of hydrogen-bond donors (Lipinski definition) is 3. The van der Waals surface area contributed by atoms with Crippen LogP contribution in [0.5, 0.6) is 0 Å². The van der Waals surface area contributed by atoms with Crippen LogP contribution in [-0.2, 0) is 19.6 Å². The van der Waals surface area contributed by atoms with Crippen LogP contribution < -0.4 is 10.0 Å². The van der Waals surface area contributed by atoms with Gasteiger partial charge in [-0.05, 0) is 59.1 Å². The summed E-state index contributed by atoms with van der Waals surface area (Å²) in [7, 11) is -3.59. The molecule has 3 N–H and O–H groups in total. The molecule has 8 nitrogen and oxygen atoms in total. The van der Waals surface area contributed by atoms with Gasteiger partial charge in [0.15, 0.2) is 0 Å². The van der Waals surface area contributed by atoms with E-state index in [0.717, 1.165) is 5.56 Å². The van der Waals surface area contributed by atoms with Crippen LogP contribution in [0.2, 0.25) is 0 Å². The Labute approximate surface area is 160 Å². The number of rotatable bonds is 9. The molecule has 0 spiro atoms. The molecule has 1 aromatic rings. The van der Waals surface area contributed by atoms with Crippen LogP contribution in [0, 0.1) is 6.92 Å². The molecule has 152 valence electrons. The summed E-state index contributed by atoms with van der Waals surface area (Å²) in [6.07, 6.45) is 0.226. The Balaban J connectivity index is 2.42. The number of aliphatic carboxylic acids is 1. The predicted octanol–water partition coefficient (Wildman–Crippen LogP) is 2.42. The lowest BCUT2D eigenvalue weighted by Gasteiger charge is -2.22. The maximum atomic E-state index is 12.1. The Morgan fingerprint density at radius 1 is 1.15 bits per heavy atom. The number of nitrogens with one attached hydrogen (secondary N) is 2. The first-order chi connectivity index (χ1) is 12.4. The second kappa shape index (κ2) is 9.70. The summed E-state index contributed by atoms with van der Waals surface area (Å²) in [6, 6.07) is 5.41.